The van der Waals surface area contributed by atoms with Crippen molar-refractivity contribution in [3.63, 3.8) is 0 Å². The van der Waals surface area contributed by atoms with Gasteiger partial charge in [0.05, 0.1) is 0 Å². The molecule has 2 heteroatoms. The third-order valence-corrected chi connectivity index (χ3v) is 3.43. The monoisotopic (exact) mass is 198 g/mol. The van der Waals surface area contributed by atoms with Crippen molar-refractivity contribution in [3.05, 3.63) is 0 Å². The van der Waals surface area contributed by atoms with Crippen molar-refractivity contribution in [2.75, 3.05) is 0 Å². The molecule has 1 fully saturated rings. The lowest BCUT2D eigenvalue weighted by Crippen LogP contribution is -2.14. The summed E-state index contributed by atoms with van der Waals surface area (Å²) in [6, 6.07) is 0. The van der Waals surface area contributed by atoms with Gasteiger partial charge in [-0.05, 0) is 18.3 Å². The molecule has 14 heavy (non-hydrogen) atoms. The SMILES string of the molecule is CCC(CC(=O)O)CC1CCCCC1. The zero-order valence-electron chi connectivity index (χ0n) is 9.17. The molecular formula is C12H22O2. The number of aliphatic carboxylic acids is 1. The molecule has 82 valence electrons. The van der Waals surface area contributed by atoms with E-state index in [1.54, 1.807) is 0 Å². The van der Waals surface area contributed by atoms with Gasteiger partial charge < -0.3 is 5.11 Å². The third kappa shape index (κ3) is 4.12. The molecule has 1 saturated carbocycles. The Kier molecular flexibility index (Phi) is 4.99. The van der Waals surface area contributed by atoms with Gasteiger partial charge in [-0.2, -0.15) is 0 Å². The van der Waals surface area contributed by atoms with Crippen LogP contribution in [0.15, 0.2) is 0 Å². The lowest BCUT2D eigenvalue weighted by atomic mass is 9.81. The van der Waals surface area contributed by atoms with E-state index in [2.05, 4.69) is 6.92 Å². The van der Waals surface area contributed by atoms with Gasteiger partial charge in [0, 0.05) is 6.42 Å². The molecule has 2 nitrogen and oxygen atoms in total. The highest BCUT2D eigenvalue weighted by Crippen LogP contribution is 2.31. The molecule has 0 aromatic carbocycles. The molecule has 0 aliphatic heterocycles. The summed E-state index contributed by atoms with van der Waals surface area (Å²) in [4.78, 5) is 10.6. The van der Waals surface area contributed by atoms with Crippen molar-refractivity contribution in [3.8, 4) is 0 Å². The molecule has 1 aliphatic carbocycles. The van der Waals surface area contributed by atoms with Crippen LogP contribution in [0.3, 0.4) is 0 Å². The summed E-state index contributed by atoms with van der Waals surface area (Å²) in [6.07, 6.45) is 9.28. The molecule has 1 rings (SSSR count). The Hall–Kier alpha value is -0.530. The average Bonchev–Trinajstić information content (AvgIpc) is 2.17. The molecule has 0 aromatic heterocycles. The molecular weight excluding hydrogens is 176 g/mol. The predicted octanol–water partition coefficient (Wildman–Crippen LogP) is 3.46. The number of carboxylic acid groups (broad SMARTS) is 1. The van der Waals surface area contributed by atoms with E-state index in [0.29, 0.717) is 12.3 Å². The minimum atomic E-state index is -0.632. The van der Waals surface area contributed by atoms with Crippen LogP contribution in [-0.4, -0.2) is 11.1 Å². The summed E-state index contributed by atoms with van der Waals surface area (Å²) in [5.41, 5.74) is 0. The normalized spacial score (nSPS) is 20.6. The van der Waals surface area contributed by atoms with Crippen molar-refractivity contribution in [1.82, 2.24) is 0 Å². The molecule has 0 bridgehead atoms. The molecule has 0 amide bonds. The number of hydrogen-bond donors (Lipinski definition) is 1. The summed E-state index contributed by atoms with van der Waals surface area (Å²) >= 11 is 0. The van der Waals surface area contributed by atoms with E-state index in [-0.39, 0.29) is 0 Å². The maximum Gasteiger partial charge on any atom is 0.303 e. The molecule has 1 atom stereocenters. The van der Waals surface area contributed by atoms with Gasteiger partial charge in [-0.25, -0.2) is 0 Å². The van der Waals surface area contributed by atoms with Crippen LogP contribution >= 0.6 is 0 Å². The van der Waals surface area contributed by atoms with E-state index < -0.39 is 5.97 Å². The molecule has 1 aliphatic rings. The fraction of sp³-hybridized carbons (Fsp3) is 0.917. The van der Waals surface area contributed by atoms with Crippen molar-refractivity contribution in [2.24, 2.45) is 11.8 Å². The van der Waals surface area contributed by atoms with Crippen LogP contribution in [0, 0.1) is 11.8 Å². The van der Waals surface area contributed by atoms with Gasteiger partial charge in [0.25, 0.3) is 0 Å². The fourth-order valence-corrected chi connectivity index (χ4v) is 2.54. The van der Waals surface area contributed by atoms with Crippen LogP contribution in [0.5, 0.6) is 0 Å². The van der Waals surface area contributed by atoms with Gasteiger partial charge in [-0.3, -0.25) is 4.79 Å². The molecule has 0 radical (unpaired) electrons. The molecule has 1 unspecified atom stereocenters. The van der Waals surface area contributed by atoms with Gasteiger partial charge in [-0.15, -0.1) is 0 Å². The largest absolute Gasteiger partial charge is 0.481 e. The summed E-state index contributed by atoms with van der Waals surface area (Å²) in [5.74, 6) is 0.594. The van der Waals surface area contributed by atoms with Crippen LogP contribution in [0.25, 0.3) is 0 Å². The second-order valence-corrected chi connectivity index (χ2v) is 4.61. The topological polar surface area (TPSA) is 37.3 Å². The Morgan fingerprint density at radius 1 is 1.36 bits per heavy atom. The van der Waals surface area contributed by atoms with E-state index in [1.165, 1.54) is 32.1 Å². The smallest absolute Gasteiger partial charge is 0.303 e. The minimum absolute atomic E-state index is 0.368. The second kappa shape index (κ2) is 6.05. The van der Waals surface area contributed by atoms with Crippen LogP contribution in [0.1, 0.15) is 58.3 Å². The predicted molar refractivity (Wildman–Crippen MR) is 57.2 cm³/mol. The first-order valence-corrected chi connectivity index (χ1v) is 5.94. The maximum absolute atomic E-state index is 10.6. The minimum Gasteiger partial charge on any atom is -0.481 e. The quantitative estimate of drug-likeness (QED) is 0.734. The van der Waals surface area contributed by atoms with E-state index in [1.807, 2.05) is 0 Å². The van der Waals surface area contributed by atoms with E-state index >= 15 is 0 Å². The summed E-state index contributed by atoms with van der Waals surface area (Å²) < 4.78 is 0. The van der Waals surface area contributed by atoms with Gasteiger partial charge in [0.2, 0.25) is 0 Å². The number of carbonyl (C=O) groups is 1. The average molecular weight is 198 g/mol. The second-order valence-electron chi connectivity index (χ2n) is 4.61. The highest BCUT2D eigenvalue weighted by Gasteiger charge is 2.19. The van der Waals surface area contributed by atoms with Crippen LogP contribution in [0.2, 0.25) is 0 Å². The fourth-order valence-electron chi connectivity index (χ4n) is 2.54. The summed E-state index contributed by atoms with van der Waals surface area (Å²) in [6.45, 7) is 2.11. The first kappa shape index (κ1) is 11.5. The van der Waals surface area contributed by atoms with E-state index in [0.717, 1.165) is 18.8 Å². The first-order chi connectivity index (χ1) is 6.72. The van der Waals surface area contributed by atoms with E-state index in [4.69, 9.17) is 5.11 Å². The van der Waals surface area contributed by atoms with Gasteiger partial charge in [0.1, 0.15) is 0 Å². The number of carboxylic acids is 1. The van der Waals surface area contributed by atoms with Crippen molar-refractivity contribution in [1.29, 1.82) is 0 Å². The zero-order valence-corrected chi connectivity index (χ0v) is 9.17. The van der Waals surface area contributed by atoms with Crippen LogP contribution in [0.4, 0.5) is 0 Å². The summed E-state index contributed by atoms with van der Waals surface area (Å²) in [5, 5.41) is 8.74. The lowest BCUT2D eigenvalue weighted by molar-refractivity contribution is -0.138. The number of rotatable bonds is 5. The Labute approximate surface area is 86.7 Å². The van der Waals surface area contributed by atoms with Crippen molar-refractivity contribution >= 4 is 5.97 Å². The van der Waals surface area contributed by atoms with Crippen LogP contribution in [-0.2, 0) is 4.79 Å². The molecule has 0 aromatic rings. The molecule has 0 spiro atoms. The van der Waals surface area contributed by atoms with Crippen LogP contribution < -0.4 is 0 Å². The van der Waals surface area contributed by atoms with E-state index in [9.17, 15) is 4.79 Å². The first-order valence-electron chi connectivity index (χ1n) is 5.94. The van der Waals surface area contributed by atoms with Gasteiger partial charge in [0.15, 0.2) is 0 Å². The Morgan fingerprint density at radius 2 is 2.00 bits per heavy atom. The Bertz CT molecular complexity index is 171. The number of hydrogen-bond acceptors (Lipinski definition) is 1. The molecule has 0 saturated heterocycles. The van der Waals surface area contributed by atoms with Crippen molar-refractivity contribution in [2.45, 2.75) is 58.3 Å². The highest BCUT2D eigenvalue weighted by atomic mass is 16.4. The molecule has 0 heterocycles. The standard InChI is InChI=1S/C12H22O2/c1-2-10(9-12(13)14)8-11-6-4-3-5-7-11/h10-11H,2-9H2,1H3,(H,13,14). The van der Waals surface area contributed by atoms with Crippen molar-refractivity contribution < 1.29 is 9.90 Å². The Balaban J connectivity index is 2.27. The Morgan fingerprint density at radius 3 is 2.50 bits per heavy atom. The van der Waals surface area contributed by atoms with Gasteiger partial charge in [-0.1, -0.05) is 45.4 Å². The molecule has 1 N–H and O–H groups in total. The third-order valence-electron chi connectivity index (χ3n) is 3.43. The zero-order chi connectivity index (χ0) is 10.4. The van der Waals surface area contributed by atoms with Gasteiger partial charge >= 0.3 is 5.97 Å². The summed E-state index contributed by atoms with van der Waals surface area (Å²) in [7, 11) is 0. The highest BCUT2D eigenvalue weighted by molar-refractivity contribution is 5.66. The lowest BCUT2D eigenvalue weighted by Gasteiger charge is -2.25. The maximum atomic E-state index is 10.6.